The second-order valence-electron chi connectivity index (χ2n) is 10.2. The van der Waals surface area contributed by atoms with E-state index < -0.39 is 108 Å². The van der Waals surface area contributed by atoms with Crippen molar-refractivity contribution < 1.29 is 74.4 Å². The fraction of sp³-hybridized carbons (Fsp3) is 0.444. The Hall–Kier alpha value is -3.71. The second-order valence-corrected chi connectivity index (χ2v) is 10.2. The lowest BCUT2D eigenvalue weighted by Crippen LogP contribution is -2.59. The summed E-state index contributed by atoms with van der Waals surface area (Å²) in [6.45, 7) is 0.548. The fourth-order valence-electron chi connectivity index (χ4n) is 4.94. The van der Waals surface area contributed by atoms with Gasteiger partial charge in [0.25, 0.3) is 0 Å². The van der Waals surface area contributed by atoms with Gasteiger partial charge in [0.05, 0.1) is 12.7 Å². The second kappa shape index (κ2) is 11.8. The highest BCUT2D eigenvalue weighted by atomic mass is 16.7. The molecule has 3 aromatic rings. The zero-order valence-corrected chi connectivity index (χ0v) is 22.3. The van der Waals surface area contributed by atoms with Gasteiger partial charge in [-0.15, -0.1) is 0 Å². The summed E-state index contributed by atoms with van der Waals surface area (Å²) >= 11 is 0. The molecular weight excluding hydrogens is 580 g/mol. The molecule has 1 aromatic heterocycles. The summed E-state index contributed by atoms with van der Waals surface area (Å²) in [6, 6.07) is 5.26. The highest BCUT2D eigenvalue weighted by Gasteiger charge is 2.51. The predicted molar refractivity (Wildman–Crippen MR) is 140 cm³/mol. The summed E-state index contributed by atoms with van der Waals surface area (Å²) in [5.74, 6) is -3.28. The van der Waals surface area contributed by atoms with Crippen molar-refractivity contribution in [3.05, 3.63) is 40.6 Å². The number of phenolic OH excluding ortho intramolecular Hbond substituents is 4. The van der Waals surface area contributed by atoms with Crippen LogP contribution in [0, 0.1) is 0 Å². The number of fused-ring (bicyclic) bond motifs is 1. The molecule has 2 aliphatic heterocycles. The van der Waals surface area contributed by atoms with E-state index in [0.717, 1.165) is 24.3 Å². The Kier molecular flexibility index (Phi) is 8.41. The molecule has 0 saturated carbocycles. The zero-order valence-electron chi connectivity index (χ0n) is 22.3. The van der Waals surface area contributed by atoms with Crippen LogP contribution in [0.15, 0.2) is 39.5 Å². The minimum atomic E-state index is -1.88. The molecule has 2 fully saturated rings. The van der Waals surface area contributed by atoms with Gasteiger partial charge in [-0.25, -0.2) is 0 Å². The Balaban J connectivity index is 1.48. The Bertz CT molecular complexity index is 1540. The summed E-state index contributed by atoms with van der Waals surface area (Å²) in [5.41, 5.74) is -1.32. The van der Waals surface area contributed by atoms with E-state index in [0.29, 0.717) is 0 Å². The molecule has 16 nitrogen and oxygen atoms in total. The highest BCUT2D eigenvalue weighted by Crippen LogP contribution is 2.40. The molecule has 0 unspecified atom stereocenters. The van der Waals surface area contributed by atoms with Crippen LogP contribution in [0.2, 0.25) is 0 Å². The molecule has 0 radical (unpaired) electrons. The molecule has 234 valence electrons. The third-order valence-corrected chi connectivity index (χ3v) is 7.31. The van der Waals surface area contributed by atoms with Crippen LogP contribution in [-0.4, -0.2) is 119 Å². The van der Waals surface area contributed by atoms with Gasteiger partial charge >= 0.3 is 0 Å². The molecule has 0 amide bonds. The van der Waals surface area contributed by atoms with Gasteiger partial charge < -0.3 is 74.4 Å². The minimum absolute atomic E-state index is 0.0217. The van der Waals surface area contributed by atoms with Crippen molar-refractivity contribution in [3.63, 3.8) is 0 Å². The topological polar surface area (TPSA) is 269 Å². The van der Waals surface area contributed by atoms with Gasteiger partial charge in [-0.05, 0) is 25.1 Å². The van der Waals surface area contributed by atoms with Crippen LogP contribution >= 0.6 is 0 Å². The monoisotopic (exact) mass is 610 g/mol. The predicted octanol–water partition coefficient (Wildman–Crippen LogP) is -1.69. The lowest BCUT2D eigenvalue weighted by molar-refractivity contribution is -0.316. The fourth-order valence-corrected chi connectivity index (χ4v) is 4.94. The van der Waals surface area contributed by atoms with Gasteiger partial charge in [0, 0.05) is 17.7 Å². The molecule has 16 heteroatoms. The third-order valence-electron chi connectivity index (χ3n) is 7.31. The Morgan fingerprint density at radius 2 is 1.51 bits per heavy atom. The van der Waals surface area contributed by atoms with Gasteiger partial charge in [0.15, 0.2) is 23.5 Å². The van der Waals surface area contributed by atoms with Crippen molar-refractivity contribution in [2.75, 3.05) is 6.61 Å². The normalized spacial score (nSPS) is 31.7. The van der Waals surface area contributed by atoms with E-state index in [-0.39, 0.29) is 16.9 Å². The standard InChI is InChI=1S/C27H30O16/c1-8-17(33)19(35)21(37)26(39-8)41-15(7-28)24-20(36)22(38)27(42-24)43-25-18(34)16-13(32)5-10(29)6-14(16)40-23(25)9-2-3-11(30)12(31)4-9/h2-6,8,15,17,19-22,24,26-33,35-38H,7H2,1H3/t8-,15+,17-,19+,20+,21+,22+,24+,26-,27-/m0/s1. The lowest BCUT2D eigenvalue weighted by Gasteiger charge is -2.40. The van der Waals surface area contributed by atoms with E-state index in [9.17, 15) is 55.9 Å². The van der Waals surface area contributed by atoms with E-state index in [1.165, 1.54) is 13.0 Å². The number of aromatic hydroxyl groups is 4. The third kappa shape index (κ3) is 5.55. The molecule has 2 aromatic carbocycles. The number of rotatable bonds is 7. The summed E-state index contributed by atoms with van der Waals surface area (Å²) in [6.07, 6.45) is -16.0. The quantitative estimate of drug-likeness (QED) is 0.134. The molecule has 0 spiro atoms. The number of phenols is 4. The number of aliphatic hydroxyl groups is 6. The lowest BCUT2D eigenvalue weighted by atomic mass is 9.99. The number of hydrogen-bond acceptors (Lipinski definition) is 16. The van der Waals surface area contributed by atoms with Crippen LogP contribution in [0.4, 0.5) is 0 Å². The van der Waals surface area contributed by atoms with Gasteiger partial charge in [-0.3, -0.25) is 4.79 Å². The molecule has 5 rings (SSSR count). The Labute approximate surface area is 241 Å². The van der Waals surface area contributed by atoms with Crippen LogP contribution in [0.5, 0.6) is 28.7 Å². The van der Waals surface area contributed by atoms with Gasteiger partial charge in [0.1, 0.15) is 65.2 Å². The maximum Gasteiger partial charge on any atom is 0.239 e. The van der Waals surface area contributed by atoms with Gasteiger partial charge in [-0.2, -0.15) is 0 Å². The van der Waals surface area contributed by atoms with E-state index in [1.807, 2.05) is 0 Å². The van der Waals surface area contributed by atoms with E-state index in [2.05, 4.69) is 0 Å². The van der Waals surface area contributed by atoms with Crippen molar-refractivity contribution in [2.24, 2.45) is 0 Å². The number of hydrogen-bond donors (Lipinski definition) is 10. The van der Waals surface area contributed by atoms with Crippen molar-refractivity contribution >= 4 is 11.0 Å². The summed E-state index contributed by atoms with van der Waals surface area (Å²) in [4.78, 5) is 13.5. The van der Waals surface area contributed by atoms with E-state index in [4.69, 9.17) is 23.4 Å². The first-order valence-corrected chi connectivity index (χ1v) is 13.0. The summed E-state index contributed by atoms with van der Waals surface area (Å²) in [5, 5.41) is 101. The summed E-state index contributed by atoms with van der Waals surface area (Å²) < 4.78 is 27.9. The Morgan fingerprint density at radius 1 is 0.814 bits per heavy atom. The Morgan fingerprint density at radius 3 is 2.19 bits per heavy atom. The maximum atomic E-state index is 13.5. The van der Waals surface area contributed by atoms with Gasteiger partial charge in [-0.1, -0.05) is 0 Å². The average Bonchev–Trinajstić information content (AvgIpc) is 3.23. The molecule has 0 bridgehead atoms. The number of aliphatic hydroxyl groups excluding tert-OH is 6. The molecule has 0 aliphatic carbocycles. The molecule has 10 N–H and O–H groups in total. The average molecular weight is 611 g/mol. The maximum absolute atomic E-state index is 13.5. The molecule has 2 aliphatic rings. The smallest absolute Gasteiger partial charge is 0.239 e. The van der Waals surface area contributed by atoms with Crippen molar-refractivity contribution in [2.45, 2.75) is 68.3 Å². The van der Waals surface area contributed by atoms with Gasteiger partial charge in [0.2, 0.25) is 17.5 Å². The first-order chi connectivity index (χ1) is 20.3. The van der Waals surface area contributed by atoms with Crippen molar-refractivity contribution in [1.29, 1.82) is 0 Å². The van der Waals surface area contributed by atoms with Crippen molar-refractivity contribution in [3.8, 4) is 40.1 Å². The number of benzene rings is 2. The summed E-state index contributed by atoms with van der Waals surface area (Å²) in [7, 11) is 0. The van der Waals surface area contributed by atoms with E-state index >= 15 is 0 Å². The SMILES string of the molecule is C[C@@H]1O[C@@H](O[C@H](CO)[C@H]2O[C@@H](Oc3c(-c4ccc(O)c(O)c4)oc4cc(O)cc(O)c4c3=O)[C@H](O)[C@H]2O)[C@H](O)[C@H](O)[C@H]1O. The molecule has 3 heterocycles. The first kappa shape index (κ1) is 30.7. The van der Waals surface area contributed by atoms with E-state index in [1.54, 1.807) is 0 Å². The van der Waals surface area contributed by atoms with Crippen LogP contribution in [0.25, 0.3) is 22.3 Å². The minimum Gasteiger partial charge on any atom is -0.508 e. The molecule has 10 atom stereocenters. The van der Waals surface area contributed by atoms with Crippen LogP contribution in [0.1, 0.15) is 6.92 Å². The van der Waals surface area contributed by atoms with Crippen LogP contribution in [-0.2, 0) is 14.2 Å². The largest absolute Gasteiger partial charge is 0.508 e. The van der Waals surface area contributed by atoms with Crippen molar-refractivity contribution in [1.82, 2.24) is 0 Å². The molecular formula is C27H30O16. The first-order valence-electron chi connectivity index (χ1n) is 13.0. The zero-order chi connectivity index (χ0) is 31.3. The van der Waals surface area contributed by atoms with Crippen LogP contribution in [0.3, 0.4) is 0 Å². The molecule has 43 heavy (non-hydrogen) atoms. The number of ether oxygens (including phenoxy) is 4. The molecule has 2 saturated heterocycles. The highest BCUT2D eigenvalue weighted by molar-refractivity contribution is 5.88. The van der Waals surface area contributed by atoms with Crippen LogP contribution < -0.4 is 10.2 Å².